The average Bonchev–Trinajstić information content (AvgIpc) is 1.67. The van der Waals surface area contributed by atoms with E-state index in [2.05, 4.69) is 140 Å². The molecular weight excluding hydrogens is 2020 g/mol. The number of rotatable bonds is 15. The first-order chi connectivity index (χ1) is 56.1. The van der Waals surface area contributed by atoms with Crippen molar-refractivity contribution >= 4 is 164 Å². The predicted octanol–water partition coefficient (Wildman–Crippen LogP) is 4.76. The molecule has 0 aromatic carbocycles. The second-order valence-electron chi connectivity index (χ2n) is 20.4. The normalized spacial score (nSPS) is 10.8. The van der Waals surface area contributed by atoms with Crippen LogP contribution in [0.2, 0.25) is 0 Å². The molecule has 9 N–H and O–H groups in total. The van der Waals surface area contributed by atoms with Gasteiger partial charge in [0.15, 0.2) is 0 Å². The molecule has 0 spiro atoms. The third-order valence-electron chi connectivity index (χ3n) is 11.3. The van der Waals surface area contributed by atoms with E-state index in [4.69, 9.17) is 192 Å². The molecule has 0 aromatic heterocycles. The van der Waals surface area contributed by atoms with Crippen molar-refractivity contribution in [1.29, 1.82) is 0 Å². The Hall–Kier alpha value is -14.0. The van der Waals surface area contributed by atoms with E-state index in [1.54, 1.807) is 20.8 Å². The van der Waals surface area contributed by atoms with Gasteiger partial charge in [0.1, 0.15) is 6.42 Å². The van der Waals surface area contributed by atoms with Gasteiger partial charge >= 0.3 is 106 Å². The first kappa shape index (κ1) is 191. The SMILES string of the molecule is C.O=C=O.[C-]#[N+]C(C)(C)C(=O)O.[C-]#[N+]C(C)(C)C(=O)O.[C-]#[N+]C(C)(C)C(C)=O.[C-]#[N+]C(C)C(=O)O.[C-]#[N+]C(C)C(=O)O.[C-]#[N+]C(C)C(=O)O.[C-]#[N+]C(C)C(C)=O.[C-]#[N+]C(CC(=O)O)C(=O)O.[C-]#[N+]C(CC)C(C)=O.[C-]#[N+]C1(C(=O)O)CC1.[C-]#[N+]C1(C(=O)O)CC1.[C-]#[N+]C1(C(C)=O)CC1.[CH-]=O.[CH-]=O.[CH-]=O.[CH-]=O.[CH-]=O.[CH-]=O.[CH-]=O.[CH-]=O.[CH-]=O.[CH-]=O.[CH-]=O.[CH-]=O.[Mo].[Mo].[Mo].[Mo]. The minimum absolute atomic E-state index is 0. The number of Topliss-reactive ketones (excluding diaryl/α,β-unsaturated/α-hetero) is 4. The van der Waals surface area contributed by atoms with E-state index in [0.717, 1.165) is 12.8 Å². The average molecular weight is 2110 g/mol. The molecule has 3 rings (SSSR count). The number of ketones is 4. The van der Waals surface area contributed by atoms with Crippen LogP contribution in [0.3, 0.4) is 0 Å². The topological polar surface area (TPSA) is 695 Å². The zero-order valence-corrected chi connectivity index (χ0v) is 77.1. The monoisotopic (exact) mass is 2120 g/mol. The zero-order valence-electron chi connectivity index (χ0n) is 69.1. The summed E-state index contributed by atoms with van der Waals surface area (Å²) in [5.74, 6) is -10.1. The molecule has 700 valence electrons. The summed E-state index contributed by atoms with van der Waals surface area (Å²) in [6.45, 7) is 137. The van der Waals surface area contributed by atoms with E-state index in [0.29, 0.717) is 32.1 Å². The number of carboxylic acid groups (broad SMARTS) is 9. The van der Waals surface area contributed by atoms with Gasteiger partial charge in [0.2, 0.25) is 23.1 Å². The Bertz CT molecular complexity index is 3160. The Morgan fingerprint density at radius 3 is 0.532 bits per heavy atom. The van der Waals surface area contributed by atoms with Crippen LogP contribution in [0.4, 0.5) is 0 Å². The Morgan fingerprint density at radius 2 is 0.524 bits per heavy atom. The number of hydrogen-bond acceptors (Lipinski definition) is 27. The van der Waals surface area contributed by atoms with Crippen molar-refractivity contribution in [1.82, 2.24) is 0 Å². The Labute approximate surface area is 788 Å². The molecule has 0 radical (unpaired) electrons. The van der Waals surface area contributed by atoms with Crippen molar-refractivity contribution < 1.29 is 260 Å². The molecule has 0 aromatic rings. The summed E-state index contributed by atoms with van der Waals surface area (Å²) >= 11 is 0. The van der Waals surface area contributed by atoms with Gasteiger partial charge in [-0.1, -0.05) is 14.4 Å². The van der Waals surface area contributed by atoms with Gasteiger partial charge in [-0.05, 0) is 0 Å². The van der Waals surface area contributed by atoms with Crippen LogP contribution in [-0.4, -0.2) is 280 Å². The molecule has 6 unspecified atom stereocenters. The molecule has 0 aliphatic heterocycles. The fourth-order valence-electron chi connectivity index (χ4n) is 2.90. The molecule has 126 heavy (non-hydrogen) atoms. The molecule has 0 bridgehead atoms. The van der Waals surface area contributed by atoms with E-state index in [-0.39, 0.29) is 121 Å². The standard InChI is InChI=1S/C6H7NO.2C6H9NO.C5H5NO4.2C5H5NO2.2C5H7NO2.C5H7NO.3C4H5NO2.CO2.12CHO.CH4.4Mo/c1-5(8)6(7-2)3-4-6;1-5(8)6(2,3)7-4;1-4-6(7-3)5(2)8;1-6-3(5(9)10)2-4(7)8;2*1-6-5(2-3-5)4(7)8;2*1-5(2,6-3)4(7)8;1-4(6-3)5(2)7;3*1-3(5-2)4(6)7;2-1-3;12*1-2;;;;;/h3-4H2,1H3;1-3H3;6H,4H2,1-2H3;3H,2H2,(H,7,8)(H,9,10);2*2-3H2,(H,7,8);2*1-2H3,(H,7,8);4H,1-2H3;3*3H,1H3,(H,6,7);;12*1H;1H4;;;;/q;;;;;;;;;;;;;12*-1;;;;;. The minimum atomic E-state index is -1.45. The van der Waals surface area contributed by atoms with Crippen molar-refractivity contribution in [3.05, 3.63) is 137 Å². The van der Waals surface area contributed by atoms with Gasteiger partial charge in [0.25, 0.3) is 23.2 Å². The van der Waals surface area contributed by atoms with Crippen LogP contribution in [0.15, 0.2) is 0 Å². The van der Waals surface area contributed by atoms with Gasteiger partial charge in [-0.15, -0.1) is 0 Å². The third kappa shape index (κ3) is 139. The van der Waals surface area contributed by atoms with Gasteiger partial charge in [-0.25, -0.2) is 117 Å². The van der Waals surface area contributed by atoms with Crippen molar-refractivity contribution in [2.75, 3.05) is 0 Å². The van der Waals surface area contributed by atoms with Gasteiger partial charge in [0.05, 0.1) is 0 Å². The number of carboxylic acids is 9. The smallest absolute Gasteiger partial charge is 0.390 e. The van der Waals surface area contributed by atoms with Crippen molar-refractivity contribution in [2.24, 2.45) is 0 Å². The van der Waals surface area contributed by atoms with E-state index in [1.165, 1.54) is 76.2 Å². The summed E-state index contributed by atoms with van der Waals surface area (Å²) in [4.78, 5) is 275. The summed E-state index contributed by atoms with van der Waals surface area (Å²) < 4.78 is 0. The summed E-state index contributed by atoms with van der Waals surface area (Å²) in [6, 6.07) is -4.95. The summed E-state index contributed by atoms with van der Waals surface area (Å²) in [5, 5.41) is 73.1. The number of hydrogen-bond donors (Lipinski definition) is 9. The van der Waals surface area contributed by atoms with Crippen LogP contribution in [0.1, 0.15) is 163 Å². The molecule has 48 nitrogen and oxygen atoms in total. The molecule has 0 saturated heterocycles. The summed E-state index contributed by atoms with van der Waals surface area (Å²) in [7, 11) is 0. The summed E-state index contributed by atoms with van der Waals surface area (Å²) in [6.07, 6.45) is 3.95. The van der Waals surface area contributed by atoms with Crippen LogP contribution in [0, 0.1) is 78.9 Å². The molecule has 3 fully saturated rings. The van der Waals surface area contributed by atoms with Crippen LogP contribution >= 0.6 is 0 Å². The maximum absolute atomic E-state index is 10.5. The van der Waals surface area contributed by atoms with Crippen molar-refractivity contribution in [3.63, 3.8) is 0 Å². The van der Waals surface area contributed by atoms with Gasteiger partial charge < -0.3 is 142 Å². The van der Waals surface area contributed by atoms with Crippen LogP contribution in [0.5, 0.6) is 0 Å². The Kier molecular flexibility index (Phi) is 204. The molecule has 52 heteroatoms. The second kappa shape index (κ2) is 134. The molecule has 3 aliphatic rings. The molecule has 3 aliphatic carbocycles. The Morgan fingerprint density at radius 1 is 0.333 bits per heavy atom. The van der Waals surface area contributed by atoms with Crippen molar-refractivity contribution in [3.8, 4) is 0 Å². The summed E-state index contributed by atoms with van der Waals surface area (Å²) in [5.41, 5.74) is -5.86. The van der Waals surface area contributed by atoms with E-state index >= 15 is 0 Å². The molecule has 0 heterocycles. The number of carbonyl (C=O) groups excluding carboxylic acids is 18. The second-order valence-corrected chi connectivity index (χ2v) is 20.4. The fraction of sp³-hybridized carbons (Fsp3) is 0.486. The molecule has 3 saturated carbocycles. The number of aliphatic carboxylic acids is 9. The van der Waals surface area contributed by atoms with E-state index in [9.17, 15) is 62.3 Å². The van der Waals surface area contributed by atoms with Gasteiger partial charge in [-0.3, -0.25) is 125 Å². The number of carbonyl (C=O) groups is 13. The van der Waals surface area contributed by atoms with Crippen LogP contribution < -0.4 is 0 Å². The van der Waals surface area contributed by atoms with E-state index < -0.39 is 130 Å². The number of nitrogens with zero attached hydrogens (tertiary/aromatic N) is 12. The first-order valence-electron chi connectivity index (χ1n) is 29.5. The van der Waals surface area contributed by atoms with Crippen LogP contribution in [0.25, 0.3) is 58.1 Å². The maximum atomic E-state index is 10.5. The largest absolute Gasteiger partial charge is 0.545 e. The van der Waals surface area contributed by atoms with Gasteiger partial charge in [0, 0.05) is 226 Å². The minimum Gasteiger partial charge on any atom is -0.545 e. The molecule has 0 amide bonds. The zero-order chi connectivity index (χ0) is 104. The first-order valence-corrected chi connectivity index (χ1v) is 29.5. The van der Waals surface area contributed by atoms with Gasteiger partial charge in [-0.2, -0.15) is 9.59 Å². The predicted molar refractivity (Wildman–Crippen MR) is 422 cm³/mol. The maximum Gasteiger partial charge on any atom is 0.390 e. The van der Waals surface area contributed by atoms with E-state index in [1.807, 2.05) is 6.92 Å². The fourth-order valence-corrected chi connectivity index (χ4v) is 2.90. The van der Waals surface area contributed by atoms with Crippen LogP contribution in [-0.2, 0) is 214 Å². The quantitative estimate of drug-likeness (QED) is 0.0606. The molecular formula is C74H92Mo4N12O36-12. The Balaban J connectivity index is -0.0000000330. The van der Waals surface area contributed by atoms with Crippen molar-refractivity contribution in [2.45, 2.75) is 232 Å². The molecule has 6 atom stereocenters. The third-order valence-corrected chi connectivity index (χ3v) is 11.3.